The van der Waals surface area contributed by atoms with Crippen LogP contribution in [0, 0.1) is 5.92 Å². The molecule has 0 spiro atoms. The van der Waals surface area contributed by atoms with Crippen molar-refractivity contribution in [2.24, 2.45) is 13.0 Å². The number of benzene rings is 2. The zero-order chi connectivity index (χ0) is 29.9. The zero-order valence-corrected chi connectivity index (χ0v) is 25.7. The van der Waals surface area contributed by atoms with Crippen LogP contribution in [0.3, 0.4) is 0 Å². The van der Waals surface area contributed by atoms with Gasteiger partial charge in [-0.2, -0.15) is 8.42 Å². The first-order valence-electron chi connectivity index (χ1n) is 13.2. The van der Waals surface area contributed by atoms with E-state index in [1.165, 1.54) is 12.5 Å². The molecule has 1 aliphatic rings. The highest BCUT2D eigenvalue weighted by molar-refractivity contribution is 7.92. The summed E-state index contributed by atoms with van der Waals surface area (Å²) in [6, 6.07) is 10.0. The molecule has 10 nitrogen and oxygen atoms in total. The molecule has 13 heteroatoms. The molecule has 3 aromatic rings. The number of ether oxygens (including phenoxy) is 1. The van der Waals surface area contributed by atoms with Crippen molar-refractivity contribution in [3.8, 4) is 5.75 Å². The Hall–Kier alpha value is -2.83. The number of nitrogens with zero attached hydrogens (tertiary/aromatic N) is 4. The van der Waals surface area contributed by atoms with E-state index in [4.69, 9.17) is 27.9 Å². The minimum atomic E-state index is -3.93. The minimum absolute atomic E-state index is 0.0165. The molecule has 0 aliphatic carbocycles. The Bertz CT molecular complexity index is 1500. The van der Waals surface area contributed by atoms with Crippen molar-refractivity contribution in [1.29, 1.82) is 0 Å². The Morgan fingerprint density at radius 3 is 2.63 bits per heavy atom. The van der Waals surface area contributed by atoms with Crippen LogP contribution < -0.4 is 9.46 Å². The van der Waals surface area contributed by atoms with Gasteiger partial charge in [-0.15, -0.1) is 0 Å². The van der Waals surface area contributed by atoms with Crippen molar-refractivity contribution in [1.82, 2.24) is 19.4 Å². The lowest BCUT2D eigenvalue weighted by molar-refractivity contribution is -0.134. The number of aliphatic hydroxyl groups excluding tert-OH is 1. The molecular formula is C28H35Cl2N5O5S. The summed E-state index contributed by atoms with van der Waals surface area (Å²) >= 11 is 12.3. The largest absolute Gasteiger partial charge is 0.488 e. The van der Waals surface area contributed by atoms with E-state index in [1.807, 2.05) is 26.1 Å². The van der Waals surface area contributed by atoms with Gasteiger partial charge >= 0.3 is 0 Å². The van der Waals surface area contributed by atoms with Gasteiger partial charge in [0.2, 0.25) is 5.91 Å². The van der Waals surface area contributed by atoms with Gasteiger partial charge in [0.25, 0.3) is 10.0 Å². The summed E-state index contributed by atoms with van der Waals surface area (Å²) in [4.78, 5) is 21.2. The molecule has 2 aromatic carbocycles. The molecule has 0 radical (unpaired) electrons. The lowest BCUT2D eigenvalue weighted by Crippen LogP contribution is -2.47. The number of aliphatic hydroxyl groups is 1. The molecule has 0 fully saturated rings. The van der Waals surface area contributed by atoms with Crippen molar-refractivity contribution >= 4 is 44.8 Å². The maximum Gasteiger partial charge on any atom is 0.280 e. The Balaban J connectivity index is 1.62. The number of halogens is 2. The average molecular weight is 625 g/mol. The maximum atomic E-state index is 13.5. The number of hydrogen-bond donors (Lipinski definition) is 2. The number of nitrogens with one attached hydrogen (secondary N) is 1. The van der Waals surface area contributed by atoms with E-state index in [2.05, 4.69) is 14.6 Å². The molecular weight excluding hydrogens is 589 g/mol. The molecule has 4 rings (SSSR count). The Morgan fingerprint density at radius 2 is 1.98 bits per heavy atom. The summed E-state index contributed by atoms with van der Waals surface area (Å²) in [5.74, 6) is 0.229. The minimum Gasteiger partial charge on any atom is -0.488 e. The van der Waals surface area contributed by atoms with E-state index in [0.717, 1.165) is 5.56 Å². The fraction of sp³-hybridized carbons (Fsp3) is 0.429. The number of anilines is 1. The highest BCUT2D eigenvalue weighted by Gasteiger charge is 2.31. The number of carbonyl (C=O) groups is 1. The van der Waals surface area contributed by atoms with Crippen LogP contribution in [0.4, 0.5) is 5.69 Å². The third-order valence-electron chi connectivity index (χ3n) is 7.05. The summed E-state index contributed by atoms with van der Waals surface area (Å²) in [5, 5.41) is 10.7. The normalized spacial score (nSPS) is 18.7. The van der Waals surface area contributed by atoms with Crippen molar-refractivity contribution in [2.75, 3.05) is 31.5 Å². The average Bonchev–Trinajstić information content (AvgIpc) is 3.37. The van der Waals surface area contributed by atoms with Crippen LogP contribution in [-0.4, -0.2) is 77.7 Å². The smallest absolute Gasteiger partial charge is 0.280 e. The van der Waals surface area contributed by atoms with E-state index < -0.39 is 16.1 Å². The first kappa shape index (κ1) is 31.1. The Labute approximate surface area is 250 Å². The molecule has 1 amide bonds. The SMILES string of the molecule is C[C@@H]1CN([C@H](C)CO)C(=O)Cc2cc(NS(=O)(=O)c3cn(C)cn3)ccc2O[C@H]1CN(C)Cc1ccc(Cl)c(Cl)c1. The summed E-state index contributed by atoms with van der Waals surface area (Å²) in [5.41, 5.74) is 1.82. The number of aryl methyl sites for hydroxylation is 1. The van der Waals surface area contributed by atoms with Crippen LogP contribution >= 0.6 is 23.2 Å². The topological polar surface area (TPSA) is 117 Å². The first-order valence-corrected chi connectivity index (χ1v) is 15.4. The molecule has 2 heterocycles. The highest BCUT2D eigenvalue weighted by Crippen LogP contribution is 2.30. The molecule has 3 atom stereocenters. The maximum absolute atomic E-state index is 13.5. The summed E-state index contributed by atoms with van der Waals surface area (Å²) in [6.07, 6.45) is 2.47. The predicted octanol–water partition coefficient (Wildman–Crippen LogP) is 3.81. The van der Waals surface area contributed by atoms with Crippen LogP contribution in [0.1, 0.15) is 25.0 Å². The molecule has 0 saturated heterocycles. The summed E-state index contributed by atoms with van der Waals surface area (Å²) in [7, 11) is -0.275. The number of imidazole rings is 1. The van der Waals surface area contributed by atoms with E-state index in [-0.39, 0.29) is 41.7 Å². The molecule has 0 unspecified atom stereocenters. The Morgan fingerprint density at radius 1 is 1.22 bits per heavy atom. The monoisotopic (exact) mass is 623 g/mol. The van der Waals surface area contributed by atoms with E-state index in [9.17, 15) is 18.3 Å². The van der Waals surface area contributed by atoms with Gasteiger partial charge in [-0.1, -0.05) is 36.2 Å². The van der Waals surface area contributed by atoms with E-state index >= 15 is 0 Å². The van der Waals surface area contributed by atoms with Crippen molar-refractivity contribution in [2.45, 2.75) is 44.0 Å². The van der Waals surface area contributed by atoms with Crippen molar-refractivity contribution in [3.05, 3.63) is 70.1 Å². The zero-order valence-electron chi connectivity index (χ0n) is 23.4. The van der Waals surface area contributed by atoms with Gasteiger partial charge in [0.1, 0.15) is 11.9 Å². The second-order valence-corrected chi connectivity index (χ2v) is 13.1. The molecule has 1 aromatic heterocycles. The number of aromatic nitrogens is 2. The molecule has 0 bridgehead atoms. The lowest BCUT2D eigenvalue weighted by atomic mass is 10.0. The van der Waals surface area contributed by atoms with Gasteiger partial charge in [-0.25, -0.2) is 4.98 Å². The molecule has 0 saturated carbocycles. The standard InChI is InChI=1S/C28H35Cl2N5O5S/c1-18-12-35(19(2)16-36)28(37)11-21-10-22(32-41(38,39)27-15-34(4)17-31-27)6-8-25(21)40-26(18)14-33(3)13-20-5-7-23(29)24(30)9-20/h5-10,15,17-19,26,32,36H,11-14,16H2,1-4H3/t18-,19-,26+/m1/s1. The second-order valence-electron chi connectivity index (χ2n) is 10.6. The Kier molecular flexibility index (Phi) is 9.86. The molecule has 41 heavy (non-hydrogen) atoms. The fourth-order valence-electron chi connectivity index (χ4n) is 4.77. The summed E-state index contributed by atoms with van der Waals surface area (Å²) in [6.45, 7) is 5.15. The third kappa shape index (κ3) is 7.72. The van der Waals surface area contributed by atoms with Gasteiger partial charge in [0.05, 0.1) is 35.4 Å². The second kappa shape index (κ2) is 13.0. The lowest BCUT2D eigenvalue weighted by Gasteiger charge is -2.34. The van der Waals surface area contributed by atoms with Gasteiger partial charge in [-0.3, -0.25) is 14.4 Å². The first-order chi connectivity index (χ1) is 19.4. The van der Waals surface area contributed by atoms with E-state index in [1.54, 1.807) is 47.7 Å². The molecule has 222 valence electrons. The van der Waals surface area contributed by atoms with Crippen LogP contribution in [0.25, 0.3) is 0 Å². The third-order valence-corrected chi connectivity index (χ3v) is 9.06. The quantitative estimate of drug-likeness (QED) is 0.372. The van der Waals surface area contributed by atoms with Gasteiger partial charge in [0, 0.05) is 50.0 Å². The molecule has 1 aliphatic heterocycles. The van der Waals surface area contributed by atoms with Crippen LogP contribution in [0.5, 0.6) is 5.75 Å². The number of amides is 1. The summed E-state index contributed by atoms with van der Waals surface area (Å²) < 4.78 is 36.4. The van der Waals surface area contributed by atoms with Gasteiger partial charge < -0.3 is 19.3 Å². The van der Waals surface area contributed by atoms with Gasteiger partial charge in [0.15, 0.2) is 5.03 Å². The van der Waals surface area contributed by atoms with Crippen LogP contribution in [0.2, 0.25) is 10.0 Å². The predicted molar refractivity (Wildman–Crippen MR) is 159 cm³/mol. The fourth-order valence-corrected chi connectivity index (χ4v) is 6.12. The highest BCUT2D eigenvalue weighted by atomic mass is 35.5. The molecule has 2 N–H and O–H groups in total. The van der Waals surface area contributed by atoms with Gasteiger partial charge in [-0.05, 0) is 49.9 Å². The number of fused-ring (bicyclic) bond motifs is 1. The van der Waals surface area contributed by atoms with Crippen molar-refractivity contribution < 1.29 is 23.1 Å². The van der Waals surface area contributed by atoms with Crippen LogP contribution in [-0.2, 0) is 34.8 Å². The van der Waals surface area contributed by atoms with E-state index in [0.29, 0.717) is 41.0 Å². The van der Waals surface area contributed by atoms with Crippen LogP contribution in [0.15, 0.2) is 53.9 Å². The number of likely N-dealkylation sites (N-methyl/N-ethyl adjacent to an activating group) is 1. The van der Waals surface area contributed by atoms with Crippen molar-refractivity contribution in [3.63, 3.8) is 0 Å². The number of hydrogen-bond acceptors (Lipinski definition) is 7. The number of sulfonamides is 1. The number of carbonyl (C=O) groups excluding carboxylic acids is 1. The number of rotatable bonds is 9.